The summed E-state index contributed by atoms with van der Waals surface area (Å²) in [5.74, 6) is 0.836. The van der Waals surface area contributed by atoms with Crippen LogP contribution >= 0.6 is 35.0 Å². The lowest BCUT2D eigenvalue weighted by Crippen LogP contribution is -1.95. The van der Waals surface area contributed by atoms with Crippen LogP contribution in [-0.4, -0.2) is 9.97 Å². The number of fused-ring (bicyclic) bond motifs is 1. The molecular formula is C14H11ClIN3. The quantitative estimate of drug-likeness (QED) is 0.667. The number of nitrogens with one attached hydrogen (secondary N) is 1. The van der Waals surface area contributed by atoms with Gasteiger partial charge >= 0.3 is 0 Å². The van der Waals surface area contributed by atoms with Crippen molar-refractivity contribution in [3.8, 4) is 0 Å². The maximum Gasteiger partial charge on any atom is 0.141 e. The Hall–Kier alpha value is -1.40. The van der Waals surface area contributed by atoms with E-state index in [1.807, 2.05) is 36.4 Å². The molecule has 0 bridgehead atoms. The van der Waals surface area contributed by atoms with Gasteiger partial charge in [-0.1, -0.05) is 18.2 Å². The minimum absolute atomic E-state index is 0. The van der Waals surface area contributed by atoms with E-state index >= 15 is 0 Å². The second-order valence-corrected chi connectivity index (χ2v) is 5.12. The zero-order valence-electron chi connectivity index (χ0n) is 9.88. The Morgan fingerprint density at radius 2 is 1.79 bits per heavy atom. The predicted molar refractivity (Wildman–Crippen MR) is 89.2 cm³/mol. The van der Waals surface area contributed by atoms with Gasteiger partial charge in [0.15, 0.2) is 0 Å². The fourth-order valence-electron chi connectivity index (χ4n) is 1.81. The molecule has 0 spiro atoms. The van der Waals surface area contributed by atoms with Gasteiger partial charge in [0.2, 0.25) is 0 Å². The number of benzene rings is 2. The highest BCUT2D eigenvalue weighted by Gasteiger charge is 2.03. The summed E-state index contributed by atoms with van der Waals surface area (Å²) in [6.45, 7) is 0. The molecule has 0 unspecified atom stereocenters. The third-order valence-corrected chi connectivity index (χ3v) is 3.30. The molecule has 19 heavy (non-hydrogen) atoms. The summed E-state index contributed by atoms with van der Waals surface area (Å²) >= 11 is 2.29. The highest BCUT2D eigenvalue weighted by Crippen LogP contribution is 2.23. The van der Waals surface area contributed by atoms with E-state index in [1.165, 1.54) is 3.57 Å². The van der Waals surface area contributed by atoms with Crippen LogP contribution < -0.4 is 5.32 Å². The van der Waals surface area contributed by atoms with Crippen molar-refractivity contribution in [2.45, 2.75) is 0 Å². The number of nitrogens with zero attached hydrogens (tertiary/aromatic N) is 2. The van der Waals surface area contributed by atoms with Crippen molar-refractivity contribution in [3.63, 3.8) is 0 Å². The van der Waals surface area contributed by atoms with Crippen molar-refractivity contribution in [1.29, 1.82) is 0 Å². The van der Waals surface area contributed by atoms with Crippen molar-refractivity contribution in [3.05, 3.63) is 58.4 Å². The zero-order valence-corrected chi connectivity index (χ0v) is 12.9. The average molecular weight is 384 g/mol. The molecule has 0 aliphatic heterocycles. The Balaban J connectivity index is 0.00000133. The Bertz CT molecular complexity index is 698. The van der Waals surface area contributed by atoms with Crippen LogP contribution in [-0.2, 0) is 0 Å². The first-order valence-electron chi connectivity index (χ1n) is 5.55. The Morgan fingerprint density at radius 1 is 0.947 bits per heavy atom. The monoisotopic (exact) mass is 383 g/mol. The molecule has 0 saturated carbocycles. The highest BCUT2D eigenvalue weighted by atomic mass is 127. The first-order valence-corrected chi connectivity index (χ1v) is 6.63. The smallest absolute Gasteiger partial charge is 0.141 e. The van der Waals surface area contributed by atoms with Gasteiger partial charge in [0.05, 0.1) is 5.52 Å². The van der Waals surface area contributed by atoms with E-state index in [1.54, 1.807) is 6.33 Å². The summed E-state index contributed by atoms with van der Waals surface area (Å²) in [6.07, 6.45) is 1.58. The van der Waals surface area contributed by atoms with Gasteiger partial charge in [-0.15, -0.1) is 12.4 Å². The van der Waals surface area contributed by atoms with Crippen LogP contribution in [0.1, 0.15) is 0 Å². The van der Waals surface area contributed by atoms with E-state index in [9.17, 15) is 0 Å². The third kappa shape index (κ3) is 3.13. The van der Waals surface area contributed by atoms with Crippen LogP contribution in [0.5, 0.6) is 0 Å². The molecule has 96 valence electrons. The molecule has 0 atom stereocenters. The van der Waals surface area contributed by atoms with E-state index in [0.717, 1.165) is 22.4 Å². The molecule has 0 amide bonds. The van der Waals surface area contributed by atoms with E-state index in [2.05, 4.69) is 50.0 Å². The molecule has 1 N–H and O–H groups in total. The molecule has 2 aromatic carbocycles. The molecule has 1 aromatic heterocycles. The van der Waals surface area contributed by atoms with Gasteiger partial charge < -0.3 is 5.32 Å². The number of rotatable bonds is 2. The van der Waals surface area contributed by atoms with E-state index in [4.69, 9.17) is 0 Å². The maximum atomic E-state index is 4.31. The first kappa shape index (κ1) is 14.0. The normalized spacial score (nSPS) is 9.95. The number of aromatic nitrogens is 2. The van der Waals surface area contributed by atoms with Crippen LogP contribution in [0.2, 0.25) is 0 Å². The van der Waals surface area contributed by atoms with Crippen LogP contribution in [0.4, 0.5) is 11.5 Å². The van der Waals surface area contributed by atoms with E-state index in [0.29, 0.717) is 0 Å². The van der Waals surface area contributed by atoms with Gasteiger partial charge in [-0.3, -0.25) is 0 Å². The summed E-state index contributed by atoms with van der Waals surface area (Å²) in [5.41, 5.74) is 1.98. The van der Waals surface area contributed by atoms with Gasteiger partial charge in [-0.2, -0.15) is 0 Å². The average Bonchev–Trinajstić information content (AvgIpc) is 2.39. The van der Waals surface area contributed by atoms with Crippen LogP contribution in [0.3, 0.4) is 0 Å². The number of halogens is 2. The summed E-state index contributed by atoms with van der Waals surface area (Å²) < 4.78 is 1.19. The van der Waals surface area contributed by atoms with Gasteiger partial charge in [0.1, 0.15) is 12.1 Å². The van der Waals surface area contributed by atoms with Crippen molar-refractivity contribution in [2.24, 2.45) is 0 Å². The molecule has 3 aromatic rings. The summed E-state index contributed by atoms with van der Waals surface area (Å²) in [4.78, 5) is 8.56. The van der Waals surface area contributed by atoms with E-state index in [-0.39, 0.29) is 12.4 Å². The molecule has 3 nitrogen and oxygen atoms in total. The van der Waals surface area contributed by atoms with Crippen molar-refractivity contribution < 1.29 is 0 Å². The van der Waals surface area contributed by atoms with Crippen LogP contribution in [0.25, 0.3) is 10.9 Å². The minimum Gasteiger partial charge on any atom is -0.340 e. The fourth-order valence-corrected chi connectivity index (χ4v) is 2.35. The first-order chi connectivity index (χ1) is 8.83. The number of anilines is 2. The number of para-hydroxylation sites is 1. The summed E-state index contributed by atoms with van der Waals surface area (Å²) in [6, 6.07) is 16.2. The second-order valence-electron chi connectivity index (χ2n) is 3.87. The topological polar surface area (TPSA) is 37.8 Å². The molecule has 0 radical (unpaired) electrons. The van der Waals surface area contributed by atoms with Crippen molar-refractivity contribution >= 4 is 57.4 Å². The number of hydrogen-bond donors (Lipinski definition) is 1. The third-order valence-electron chi connectivity index (χ3n) is 2.63. The summed E-state index contributed by atoms with van der Waals surface area (Å²) in [5, 5.41) is 4.36. The lowest BCUT2D eigenvalue weighted by atomic mass is 10.2. The molecule has 1 heterocycles. The van der Waals surface area contributed by atoms with Gasteiger partial charge in [0.25, 0.3) is 0 Å². The standard InChI is InChI=1S/C14H10IN3.ClH/c15-10-4-3-5-11(8-10)18-14-12-6-1-2-7-13(12)16-9-17-14;/h1-9H,(H,16,17,18);1H. The Kier molecular flexibility index (Phi) is 4.55. The van der Waals surface area contributed by atoms with Gasteiger partial charge in [0, 0.05) is 14.6 Å². The molecule has 0 aliphatic carbocycles. The largest absolute Gasteiger partial charge is 0.340 e. The molecule has 0 aliphatic rings. The van der Waals surface area contributed by atoms with Crippen LogP contribution in [0.15, 0.2) is 54.9 Å². The van der Waals surface area contributed by atoms with E-state index < -0.39 is 0 Å². The molecule has 3 rings (SSSR count). The minimum atomic E-state index is 0. The SMILES string of the molecule is Cl.Ic1cccc(Nc2ncnc3ccccc23)c1. The molecule has 5 heteroatoms. The fraction of sp³-hybridized carbons (Fsp3) is 0. The lowest BCUT2D eigenvalue weighted by molar-refractivity contribution is 1.22. The van der Waals surface area contributed by atoms with Crippen LogP contribution in [0, 0.1) is 3.57 Å². The van der Waals surface area contributed by atoms with Gasteiger partial charge in [-0.05, 0) is 52.9 Å². The molecule has 0 fully saturated rings. The lowest BCUT2D eigenvalue weighted by Gasteiger charge is -2.08. The van der Waals surface area contributed by atoms with Gasteiger partial charge in [-0.25, -0.2) is 9.97 Å². The van der Waals surface area contributed by atoms with Crippen molar-refractivity contribution in [2.75, 3.05) is 5.32 Å². The highest BCUT2D eigenvalue weighted by molar-refractivity contribution is 14.1. The maximum absolute atomic E-state index is 4.31. The zero-order chi connectivity index (χ0) is 12.4. The summed E-state index contributed by atoms with van der Waals surface area (Å²) in [7, 11) is 0. The predicted octanol–water partition coefficient (Wildman–Crippen LogP) is 4.40. The molecule has 0 saturated heterocycles. The number of hydrogen-bond acceptors (Lipinski definition) is 3. The Labute approximate surface area is 131 Å². The second kappa shape index (κ2) is 6.16. The van der Waals surface area contributed by atoms with Crippen molar-refractivity contribution in [1.82, 2.24) is 9.97 Å². The molecular weight excluding hydrogens is 373 g/mol. The Morgan fingerprint density at radius 3 is 2.63 bits per heavy atom.